The van der Waals surface area contributed by atoms with Crippen LogP contribution in [-0.4, -0.2) is 37.1 Å². The highest BCUT2D eigenvalue weighted by atomic mass is 35.5. The van der Waals surface area contributed by atoms with Crippen LogP contribution in [0.1, 0.15) is 13.3 Å². The molecule has 0 radical (unpaired) electrons. The number of likely N-dealkylation sites (tertiary alicyclic amines) is 1. The van der Waals surface area contributed by atoms with Gasteiger partial charge in [0.15, 0.2) is 0 Å². The molecule has 1 amide bonds. The highest BCUT2D eigenvalue weighted by Crippen LogP contribution is 2.20. The SMILES string of the molecule is C=C(Cl)C(=O)N1CCC(C)C(OC)C1. The van der Waals surface area contributed by atoms with Crippen molar-refractivity contribution in [3.05, 3.63) is 11.6 Å². The maximum atomic E-state index is 11.5. The molecule has 1 aliphatic rings. The normalized spacial score (nSPS) is 27.5. The molecule has 0 aromatic carbocycles. The average Bonchev–Trinajstić information content (AvgIpc) is 2.17. The Morgan fingerprint density at radius 1 is 1.64 bits per heavy atom. The van der Waals surface area contributed by atoms with E-state index in [-0.39, 0.29) is 17.0 Å². The molecule has 0 saturated carbocycles. The summed E-state index contributed by atoms with van der Waals surface area (Å²) < 4.78 is 5.30. The minimum Gasteiger partial charge on any atom is -0.379 e. The van der Waals surface area contributed by atoms with Crippen molar-refractivity contribution < 1.29 is 9.53 Å². The maximum Gasteiger partial charge on any atom is 0.264 e. The van der Waals surface area contributed by atoms with Gasteiger partial charge in [-0.15, -0.1) is 0 Å². The zero-order valence-corrected chi connectivity index (χ0v) is 9.38. The van der Waals surface area contributed by atoms with Gasteiger partial charge in [-0.05, 0) is 12.3 Å². The first-order valence-corrected chi connectivity index (χ1v) is 5.10. The third-order valence-electron chi connectivity index (χ3n) is 2.71. The molecule has 3 nitrogen and oxygen atoms in total. The molecule has 0 spiro atoms. The van der Waals surface area contributed by atoms with Crippen molar-refractivity contribution in [3.63, 3.8) is 0 Å². The van der Waals surface area contributed by atoms with Crippen LogP contribution < -0.4 is 0 Å². The molecule has 1 fully saturated rings. The molecule has 1 aliphatic heterocycles. The number of carbonyl (C=O) groups excluding carboxylic acids is 1. The molecule has 0 aliphatic carbocycles. The zero-order valence-electron chi connectivity index (χ0n) is 8.62. The minimum absolute atomic E-state index is 0.0782. The average molecular weight is 218 g/mol. The molecule has 0 aromatic rings. The molecule has 0 aromatic heterocycles. The van der Waals surface area contributed by atoms with E-state index in [2.05, 4.69) is 13.5 Å². The zero-order chi connectivity index (χ0) is 10.7. The minimum atomic E-state index is -0.180. The van der Waals surface area contributed by atoms with Gasteiger partial charge >= 0.3 is 0 Å². The van der Waals surface area contributed by atoms with Gasteiger partial charge in [0.05, 0.1) is 11.1 Å². The van der Waals surface area contributed by atoms with Crippen LogP contribution in [0.5, 0.6) is 0 Å². The number of nitrogens with zero attached hydrogens (tertiary/aromatic N) is 1. The Bertz CT molecular complexity index is 242. The van der Waals surface area contributed by atoms with E-state index < -0.39 is 0 Å². The van der Waals surface area contributed by atoms with E-state index in [4.69, 9.17) is 16.3 Å². The highest BCUT2D eigenvalue weighted by Gasteiger charge is 2.29. The van der Waals surface area contributed by atoms with E-state index >= 15 is 0 Å². The van der Waals surface area contributed by atoms with Crippen molar-refractivity contribution in [3.8, 4) is 0 Å². The lowest BCUT2D eigenvalue weighted by Gasteiger charge is -2.36. The number of hydrogen-bond donors (Lipinski definition) is 0. The van der Waals surface area contributed by atoms with Crippen molar-refractivity contribution >= 4 is 17.5 Å². The Morgan fingerprint density at radius 2 is 2.29 bits per heavy atom. The predicted octanol–water partition coefficient (Wildman–Crippen LogP) is 1.62. The summed E-state index contributed by atoms with van der Waals surface area (Å²) in [5.74, 6) is 0.313. The Balaban J connectivity index is 2.58. The van der Waals surface area contributed by atoms with Crippen LogP contribution in [0.4, 0.5) is 0 Å². The van der Waals surface area contributed by atoms with Crippen molar-refractivity contribution in [2.45, 2.75) is 19.4 Å². The van der Waals surface area contributed by atoms with E-state index in [0.29, 0.717) is 12.5 Å². The molecule has 2 atom stereocenters. The summed E-state index contributed by atoms with van der Waals surface area (Å²) in [5.41, 5.74) is 0. The fraction of sp³-hybridized carbons (Fsp3) is 0.700. The Morgan fingerprint density at radius 3 is 2.79 bits per heavy atom. The molecular formula is C10H16ClNO2. The van der Waals surface area contributed by atoms with E-state index in [1.807, 2.05) is 0 Å². The van der Waals surface area contributed by atoms with E-state index in [0.717, 1.165) is 13.0 Å². The predicted molar refractivity (Wildman–Crippen MR) is 56.2 cm³/mol. The standard InChI is InChI=1S/C10H16ClNO2/c1-7-4-5-12(6-9(7)14-3)10(13)8(2)11/h7,9H,2,4-6H2,1,3H3. The fourth-order valence-electron chi connectivity index (χ4n) is 1.70. The summed E-state index contributed by atoms with van der Waals surface area (Å²) in [7, 11) is 1.67. The number of ether oxygens (including phenoxy) is 1. The first-order chi connectivity index (χ1) is 6.56. The quantitative estimate of drug-likeness (QED) is 0.658. The van der Waals surface area contributed by atoms with Crippen LogP contribution >= 0.6 is 11.6 Å². The number of rotatable bonds is 2. The van der Waals surface area contributed by atoms with Crippen LogP contribution in [0.25, 0.3) is 0 Å². The largest absolute Gasteiger partial charge is 0.379 e. The van der Waals surface area contributed by atoms with Crippen molar-refractivity contribution in [1.82, 2.24) is 4.90 Å². The lowest BCUT2D eigenvalue weighted by Crippen LogP contribution is -2.46. The first kappa shape index (κ1) is 11.5. The van der Waals surface area contributed by atoms with Crippen LogP contribution in [0.2, 0.25) is 0 Å². The Labute approximate surface area is 89.7 Å². The molecule has 80 valence electrons. The Hall–Kier alpha value is -0.540. The summed E-state index contributed by atoms with van der Waals surface area (Å²) in [6.45, 7) is 6.92. The molecular weight excluding hydrogens is 202 g/mol. The van der Waals surface area contributed by atoms with Gasteiger partial charge in [-0.3, -0.25) is 4.79 Å². The van der Waals surface area contributed by atoms with E-state index in [1.54, 1.807) is 12.0 Å². The third-order valence-corrected chi connectivity index (χ3v) is 2.87. The second-order valence-electron chi connectivity index (χ2n) is 3.70. The molecule has 4 heteroatoms. The monoisotopic (exact) mass is 217 g/mol. The first-order valence-electron chi connectivity index (χ1n) is 4.72. The number of halogens is 1. The summed E-state index contributed by atoms with van der Waals surface area (Å²) >= 11 is 5.56. The fourth-order valence-corrected chi connectivity index (χ4v) is 1.82. The third kappa shape index (κ3) is 2.49. The van der Waals surface area contributed by atoms with E-state index in [1.165, 1.54) is 0 Å². The van der Waals surface area contributed by atoms with Crippen molar-refractivity contribution in [2.75, 3.05) is 20.2 Å². The number of piperidine rings is 1. The van der Waals surface area contributed by atoms with Gasteiger partial charge in [0.1, 0.15) is 0 Å². The summed E-state index contributed by atoms with van der Waals surface area (Å²) in [6.07, 6.45) is 1.07. The summed E-state index contributed by atoms with van der Waals surface area (Å²) in [6, 6.07) is 0. The number of methoxy groups -OCH3 is 1. The topological polar surface area (TPSA) is 29.5 Å². The van der Waals surface area contributed by atoms with Gasteiger partial charge in [0.2, 0.25) is 0 Å². The van der Waals surface area contributed by atoms with Crippen molar-refractivity contribution in [2.24, 2.45) is 5.92 Å². The maximum absolute atomic E-state index is 11.5. The van der Waals surface area contributed by atoms with E-state index in [9.17, 15) is 4.79 Å². The summed E-state index contributed by atoms with van der Waals surface area (Å²) in [4.78, 5) is 13.2. The molecule has 1 saturated heterocycles. The van der Waals surface area contributed by atoms with Gasteiger partial charge in [0.25, 0.3) is 5.91 Å². The van der Waals surface area contributed by atoms with Gasteiger partial charge in [-0.2, -0.15) is 0 Å². The van der Waals surface area contributed by atoms with Crippen LogP contribution in [0.15, 0.2) is 11.6 Å². The molecule has 14 heavy (non-hydrogen) atoms. The molecule has 0 bridgehead atoms. The second-order valence-corrected chi connectivity index (χ2v) is 4.15. The van der Waals surface area contributed by atoms with Gasteiger partial charge in [0, 0.05) is 20.2 Å². The van der Waals surface area contributed by atoms with Gasteiger partial charge in [-0.1, -0.05) is 25.1 Å². The molecule has 1 rings (SSSR count). The van der Waals surface area contributed by atoms with Gasteiger partial charge < -0.3 is 9.64 Å². The molecule has 1 heterocycles. The van der Waals surface area contributed by atoms with Crippen LogP contribution in [-0.2, 0) is 9.53 Å². The number of carbonyl (C=O) groups is 1. The van der Waals surface area contributed by atoms with Gasteiger partial charge in [-0.25, -0.2) is 0 Å². The lowest BCUT2D eigenvalue weighted by molar-refractivity contribution is -0.131. The molecule has 2 unspecified atom stereocenters. The van der Waals surface area contributed by atoms with Crippen LogP contribution in [0, 0.1) is 5.92 Å². The molecule has 0 N–H and O–H groups in total. The Kier molecular flexibility index (Phi) is 3.96. The number of hydrogen-bond acceptors (Lipinski definition) is 2. The number of amides is 1. The lowest BCUT2D eigenvalue weighted by atomic mass is 9.96. The second kappa shape index (κ2) is 4.80. The smallest absolute Gasteiger partial charge is 0.264 e. The van der Waals surface area contributed by atoms with Crippen LogP contribution in [0.3, 0.4) is 0 Å². The summed E-state index contributed by atoms with van der Waals surface area (Å²) in [5, 5.41) is 0.0782. The highest BCUT2D eigenvalue weighted by molar-refractivity contribution is 6.41. The van der Waals surface area contributed by atoms with Crippen molar-refractivity contribution in [1.29, 1.82) is 0 Å².